The van der Waals surface area contributed by atoms with Gasteiger partial charge >= 0.3 is 6.18 Å². The summed E-state index contributed by atoms with van der Waals surface area (Å²) in [4.78, 5) is 13.4. The molecule has 2 aromatic heterocycles. The van der Waals surface area contributed by atoms with Gasteiger partial charge in [-0.3, -0.25) is 0 Å². The maximum Gasteiger partial charge on any atom is 0.433 e. The van der Waals surface area contributed by atoms with E-state index in [0.717, 1.165) is 18.7 Å². The Morgan fingerprint density at radius 1 is 1.28 bits per heavy atom. The van der Waals surface area contributed by atoms with Crippen molar-refractivity contribution in [1.82, 2.24) is 15.0 Å². The summed E-state index contributed by atoms with van der Waals surface area (Å²) in [6.45, 7) is 1.70. The zero-order valence-corrected chi connectivity index (χ0v) is 13.2. The molecule has 3 heterocycles. The van der Waals surface area contributed by atoms with Crippen molar-refractivity contribution in [3.8, 4) is 6.07 Å². The van der Waals surface area contributed by atoms with E-state index in [9.17, 15) is 13.2 Å². The van der Waals surface area contributed by atoms with E-state index in [-0.39, 0.29) is 11.9 Å². The van der Waals surface area contributed by atoms with Gasteiger partial charge in [0.05, 0.1) is 5.56 Å². The average Bonchev–Trinajstić information content (AvgIpc) is 3.08. The van der Waals surface area contributed by atoms with Crippen LogP contribution < -0.4 is 10.2 Å². The number of nitrogens with zero attached hydrogens (tertiary/aromatic N) is 5. The minimum absolute atomic E-state index is 0.0906. The van der Waals surface area contributed by atoms with Gasteiger partial charge in [0.2, 0.25) is 5.95 Å². The van der Waals surface area contributed by atoms with Crippen LogP contribution in [0.2, 0.25) is 0 Å². The molecule has 1 fully saturated rings. The lowest BCUT2D eigenvalue weighted by atomic mass is 10.1. The molecule has 9 heteroatoms. The molecule has 0 unspecified atom stereocenters. The first-order valence-electron chi connectivity index (χ1n) is 7.71. The third kappa shape index (κ3) is 3.96. The maximum atomic E-state index is 12.8. The quantitative estimate of drug-likeness (QED) is 0.915. The smallest absolute Gasteiger partial charge is 0.369 e. The molecule has 0 aliphatic carbocycles. The second-order valence-corrected chi connectivity index (χ2v) is 5.73. The van der Waals surface area contributed by atoms with E-state index in [0.29, 0.717) is 31.0 Å². The molecule has 25 heavy (non-hydrogen) atoms. The number of pyridine rings is 1. The Morgan fingerprint density at radius 2 is 2.12 bits per heavy atom. The van der Waals surface area contributed by atoms with Crippen LogP contribution in [-0.4, -0.2) is 34.6 Å². The van der Waals surface area contributed by atoms with Crippen LogP contribution in [0.4, 0.5) is 24.9 Å². The second-order valence-electron chi connectivity index (χ2n) is 5.73. The van der Waals surface area contributed by atoms with Crippen molar-refractivity contribution >= 4 is 11.8 Å². The minimum atomic E-state index is -4.48. The van der Waals surface area contributed by atoms with Crippen LogP contribution in [-0.2, 0) is 6.18 Å². The first kappa shape index (κ1) is 17.0. The van der Waals surface area contributed by atoms with Crippen molar-refractivity contribution in [2.75, 3.05) is 29.9 Å². The van der Waals surface area contributed by atoms with Gasteiger partial charge in [-0.1, -0.05) is 0 Å². The van der Waals surface area contributed by atoms with Crippen molar-refractivity contribution < 1.29 is 13.2 Å². The van der Waals surface area contributed by atoms with Crippen LogP contribution in [0.5, 0.6) is 0 Å². The Morgan fingerprint density at radius 3 is 2.88 bits per heavy atom. The van der Waals surface area contributed by atoms with Gasteiger partial charge < -0.3 is 10.2 Å². The summed E-state index contributed by atoms with van der Waals surface area (Å²) in [7, 11) is 0. The number of hydrogen-bond donors (Lipinski definition) is 1. The molecule has 6 nitrogen and oxygen atoms in total. The summed E-state index contributed by atoms with van der Waals surface area (Å²) in [6.07, 6.45) is -0.962. The number of alkyl halides is 3. The number of hydrogen-bond acceptors (Lipinski definition) is 6. The molecule has 1 N–H and O–H groups in total. The Balaban J connectivity index is 1.62. The van der Waals surface area contributed by atoms with Gasteiger partial charge in [-0.05, 0) is 30.5 Å². The lowest BCUT2D eigenvalue weighted by molar-refractivity contribution is -0.141. The normalized spacial score (nSPS) is 17.4. The molecule has 2 aromatic rings. The predicted molar refractivity (Wildman–Crippen MR) is 84.8 cm³/mol. The van der Waals surface area contributed by atoms with Gasteiger partial charge in [0, 0.05) is 32.0 Å². The fourth-order valence-electron chi connectivity index (χ4n) is 2.72. The fourth-order valence-corrected chi connectivity index (χ4v) is 2.72. The number of rotatable bonds is 4. The minimum Gasteiger partial charge on any atom is -0.369 e. The zero-order chi connectivity index (χ0) is 17.9. The van der Waals surface area contributed by atoms with E-state index in [4.69, 9.17) is 5.26 Å². The first-order chi connectivity index (χ1) is 12.0. The van der Waals surface area contributed by atoms with Crippen molar-refractivity contribution in [3.63, 3.8) is 0 Å². The third-order valence-electron chi connectivity index (χ3n) is 3.99. The summed E-state index contributed by atoms with van der Waals surface area (Å²) < 4.78 is 38.3. The number of aromatic nitrogens is 3. The van der Waals surface area contributed by atoms with E-state index < -0.39 is 11.9 Å². The first-order valence-corrected chi connectivity index (χ1v) is 7.71. The Labute approximate surface area is 142 Å². The van der Waals surface area contributed by atoms with E-state index >= 15 is 0 Å². The molecular formula is C16H15F3N6. The van der Waals surface area contributed by atoms with E-state index in [1.54, 1.807) is 23.2 Å². The molecule has 1 atom stereocenters. The molecule has 1 saturated heterocycles. The van der Waals surface area contributed by atoms with E-state index in [1.165, 1.54) is 0 Å². The monoisotopic (exact) mass is 348 g/mol. The molecule has 0 bridgehead atoms. The Hall–Kier alpha value is -2.89. The highest BCUT2D eigenvalue weighted by Crippen LogP contribution is 2.29. The van der Waals surface area contributed by atoms with Crippen molar-refractivity contribution in [3.05, 3.63) is 41.9 Å². The van der Waals surface area contributed by atoms with Crippen LogP contribution in [0, 0.1) is 17.2 Å². The van der Waals surface area contributed by atoms with Crippen LogP contribution in [0.15, 0.2) is 30.6 Å². The Kier molecular flexibility index (Phi) is 4.70. The van der Waals surface area contributed by atoms with Crippen LogP contribution in [0.1, 0.15) is 17.7 Å². The summed E-state index contributed by atoms with van der Waals surface area (Å²) in [5.74, 6) is 0.804. The second kappa shape index (κ2) is 6.93. The number of halogens is 3. The van der Waals surface area contributed by atoms with Crippen molar-refractivity contribution in [2.45, 2.75) is 12.6 Å². The molecule has 1 aliphatic rings. The largest absolute Gasteiger partial charge is 0.433 e. The molecule has 0 radical (unpaired) electrons. The lowest BCUT2D eigenvalue weighted by Gasteiger charge is -2.18. The maximum absolute atomic E-state index is 12.8. The van der Waals surface area contributed by atoms with Gasteiger partial charge in [0.25, 0.3) is 0 Å². The molecule has 0 amide bonds. The van der Waals surface area contributed by atoms with Crippen LogP contribution >= 0.6 is 0 Å². The molecule has 3 rings (SSSR count). The van der Waals surface area contributed by atoms with Gasteiger partial charge in [-0.15, -0.1) is 0 Å². The third-order valence-corrected chi connectivity index (χ3v) is 3.99. The number of anilines is 2. The standard InChI is InChI=1S/C16H15F3N6/c17-16(18,19)13-3-6-22-15(24-13)25-7-4-11(10-25)9-23-14-12(8-20)2-1-5-21-14/h1-3,5-6,11H,4,7,9-10H2,(H,21,23)/t11-/m1/s1. The highest BCUT2D eigenvalue weighted by atomic mass is 19.4. The summed E-state index contributed by atoms with van der Waals surface area (Å²) in [6, 6.07) is 6.29. The molecule has 130 valence electrons. The van der Waals surface area contributed by atoms with Gasteiger partial charge in [-0.25, -0.2) is 15.0 Å². The van der Waals surface area contributed by atoms with Gasteiger partial charge in [0.1, 0.15) is 17.6 Å². The molecule has 0 saturated carbocycles. The summed E-state index contributed by atoms with van der Waals surface area (Å²) in [5.41, 5.74) is -0.482. The molecule has 0 aromatic carbocycles. The van der Waals surface area contributed by atoms with Crippen molar-refractivity contribution in [1.29, 1.82) is 5.26 Å². The molecular weight excluding hydrogens is 333 g/mol. The lowest BCUT2D eigenvalue weighted by Crippen LogP contribution is -2.25. The zero-order valence-electron chi connectivity index (χ0n) is 13.2. The van der Waals surface area contributed by atoms with Gasteiger partial charge in [0.15, 0.2) is 0 Å². The number of nitriles is 1. The van der Waals surface area contributed by atoms with Crippen molar-refractivity contribution in [2.24, 2.45) is 5.92 Å². The highest BCUT2D eigenvalue weighted by Gasteiger charge is 2.34. The average molecular weight is 348 g/mol. The van der Waals surface area contributed by atoms with Crippen LogP contribution in [0.25, 0.3) is 0 Å². The summed E-state index contributed by atoms with van der Waals surface area (Å²) in [5, 5.41) is 12.2. The predicted octanol–water partition coefficient (Wildman–Crippen LogP) is 2.70. The fraction of sp³-hybridized carbons (Fsp3) is 0.375. The highest BCUT2D eigenvalue weighted by molar-refractivity contribution is 5.51. The molecule has 1 aliphatic heterocycles. The Bertz CT molecular complexity index is 786. The number of nitrogens with one attached hydrogen (secondary N) is 1. The molecule has 0 spiro atoms. The topological polar surface area (TPSA) is 77.7 Å². The van der Waals surface area contributed by atoms with E-state index in [2.05, 4.69) is 26.3 Å². The van der Waals surface area contributed by atoms with Crippen LogP contribution in [0.3, 0.4) is 0 Å². The summed E-state index contributed by atoms with van der Waals surface area (Å²) >= 11 is 0. The SMILES string of the molecule is N#Cc1cccnc1NC[C@H]1CCN(c2nccc(C(F)(F)F)n2)C1. The van der Waals surface area contributed by atoms with E-state index in [1.807, 2.05) is 0 Å². The van der Waals surface area contributed by atoms with Gasteiger partial charge in [-0.2, -0.15) is 18.4 Å².